The Labute approximate surface area is 75.9 Å². The largest absolute Gasteiger partial charge is 0.476 e. The molecule has 1 aromatic rings. The van der Waals surface area contributed by atoms with E-state index in [0.717, 1.165) is 0 Å². The van der Waals surface area contributed by atoms with E-state index in [1.54, 1.807) is 19.0 Å². The number of nitrogens with zero attached hydrogens (tertiary/aromatic N) is 2. The Morgan fingerprint density at radius 1 is 1.62 bits per heavy atom. The van der Waals surface area contributed by atoms with Crippen molar-refractivity contribution >= 4 is 11.7 Å². The number of hydrogen-bond acceptors (Lipinski definition) is 4. The first kappa shape index (κ1) is 9.57. The molecular weight excluding hydrogens is 172 g/mol. The first-order chi connectivity index (χ1) is 6.07. The predicted molar refractivity (Wildman–Crippen MR) is 47.2 cm³/mol. The van der Waals surface area contributed by atoms with Crippen LogP contribution in [0.4, 0.5) is 5.69 Å². The molecule has 0 fully saturated rings. The molecule has 0 saturated carbocycles. The van der Waals surface area contributed by atoms with Gasteiger partial charge in [-0.05, 0) is 0 Å². The Bertz CT molecular complexity index is 317. The molecule has 72 valence electrons. The van der Waals surface area contributed by atoms with Gasteiger partial charge in [0.1, 0.15) is 5.69 Å². The van der Waals surface area contributed by atoms with Crippen LogP contribution in [0.3, 0.4) is 0 Å². The fourth-order valence-corrected chi connectivity index (χ4v) is 1.15. The fourth-order valence-electron chi connectivity index (χ4n) is 1.15. The molecule has 0 spiro atoms. The van der Waals surface area contributed by atoms with E-state index in [0.29, 0.717) is 17.9 Å². The van der Waals surface area contributed by atoms with Gasteiger partial charge in [-0.2, -0.15) is 0 Å². The topological polar surface area (TPSA) is 66.6 Å². The van der Waals surface area contributed by atoms with Gasteiger partial charge in [-0.25, -0.2) is 4.79 Å². The van der Waals surface area contributed by atoms with Gasteiger partial charge in [0.15, 0.2) is 5.76 Å². The van der Waals surface area contributed by atoms with Crippen LogP contribution in [0.5, 0.6) is 0 Å². The zero-order valence-corrected chi connectivity index (χ0v) is 7.87. The highest BCUT2D eigenvalue weighted by Crippen LogP contribution is 2.23. The summed E-state index contributed by atoms with van der Waals surface area (Å²) in [5, 5.41) is 12.3. The minimum Gasteiger partial charge on any atom is -0.476 e. The average Bonchev–Trinajstić information content (AvgIpc) is 2.46. The van der Waals surface area contributed by atoms with E-state index < -0.39 is 5.97 Å². The van der Waals surface area contributed by atoms with Crippen LogP contribution in [-0.2, 0) is 6.42 Å². The number of aromatic carboxylic acids is 1. The summed E-state index contributed by atoms with van der Waals surface area (Å²) in [5.74, 6) is -0.463. The van der Waals surface area contributed by atoms with Crippen LogP contribution < -0.4 is 4.90 Å². The van der Waals surface area contributed by atoms with Gasteiger partial charge in [-0.3, -0.25) is 0 Å². The first-order valence-corrected chi connectivity index (χ1v) is 3.97. The van der Waals surface area contributed by atoms with Crippen molar-refractivity contribution in [3.05, 3.63) is 11.5 Å². The molecule has 0 atom stereocenters. The van der Waals surface area contributed by atoms with Gasteiger partial charge >= 0.3 is 5.97 Å². The number of carboxylic acids is 1. The second kappa shape index (κ2) is 3.47. The molecule has 0 aliphatic heterocycles. The summed E-state index contributed by atoms with van der Waals surface area (Å²) >= 11 is 0. The maximum atomic E-state index is 10.7. The standard InChI is InChI=1S/C8H12N2O3/c1-4-5-7(10(2)3)6(8(11)12)9-13-5/h4H2,1-3H3,(H,11,12). The normalized spacial score (nSPS) is 10.1. The summed E-state index contributed by atoms with van der Waals surface area (Å²) in [6.07, 6.45) is 0.633. The number of aryl methyl sites for hydroxylation is 1. The summed E-state index contributed by atoms with van der Waals surface area (Å²) in [6.45, 7) is 1.89. The van der Waals surface area contributed by atoms with E-state index in [1.165, 1.54) is 0 Å². The lowest BCUT2D eigenvalue weighted by molar-refractivity contribution is 0.0686. The number of aromatic nitrogens is 1. The highest BCUT2D eigenvalue weighted by molar-refractivity contribution is 5.92. The van der Waals surface area contributed by atoms with Crippen molar-refractivity contribution < 1.29 is 14.4 Å². The van der Waals surface area contributed by atoms with Crippen LogP contribution in [0, 0.1) is 0 Å². The molecule has 0 saturated heterocycles. The highest BCUT2D eigenvalue weighted by atomic mass is 16.5. The third-order valence-electron chi connectivity index (χ3n) is 1.71. The minimum atomic E-state index is -1.06. The van der Waals surface area contributed by atoms with Crippen LogP contribution in [-0.4, -0.2) is 30.3 Å². The van der Waals surface area contributed by atoms with E-state index >= 15 is 0 Å². The summed E-state index contributed by atoms with van der Waals surface area (Å²) < 4.78 is 4.90. The van der Waals surface area contributed by atoms with Crippen molar-refractivity contribution in [2.24, 2.45) is 0 Å². The number of rotatable bonds is 3. The molecule has 1 aromatic heterocycles. The summed E-state index contributed by atoms with van der Waals surface area (Å²) in [6, 6.07) is 0. The third-order valence-corrected chi connectivity index (χ3v) is 1.71. The van der Waals surface area contributed by atoms with E-state index in [4.69, 9.17) is 9.63 Å². The second-order valence-corrected chi connectivity index (χ2v) is 2.86. The van der Waals surface area contributed by atoms with E-state index in [1.807, 2.05) is 6.92 Å². The number of carbonyl (C=O) groups is 1. The van der Waals surface area contributed by atoms with E-state index in [9.17, 15) is 4.79 Å². The number of hydrogen-bond donors (Lipinski definition) is 1. The van der Waals surface area contributed by atoms with Gasteiger partial charge in [0, 0.05) is 20.5 Å². The second-order valence-electron chi connectivity index (χ2n) is 2.86. The van der Waals surface area contributed by atoms with E-state index in [-0.39, 0.29) is 5.69 Å². The van der Waals surface area contributed by atoms with Crippen LogP contribution >= 0.6 is 0 Å². The maximum absolute atomic E-state index is 10.7. The van der Waals surface area contributed by atoms with Gasteiger partial charge in [0.2, 0.25) is 5.69 Å². The molecule has 1 N–H and O–H groups in total. The molecule has 1 heterocycles. The van der Waals surface area contributed by atoms with Gasteiger partial charge in [-0.1, -0.05) is 12.1 Å². The van der Waals surface area contributed by atoms with Crippen molar-refractivity contribution in [1.29, 1.82) is 0 Å². The smallest absolute Gasteiger partial charge is 0.360 e. The third kappa shape index (κ3) is 1.63. The van der Waals surface area contributed by atoms with Crippen LogP contribution in [0.1, 0.15) is 23.2 Å². The fraction of sp³-hybridized carbons (Fsp3) is 0.500. The Morgan fingerprint density at radius 2 is 2.23 bits per heavy atom. The minimum absolute atomic E-state index is 0.0261. The molecule has 0 unspecified atom stereocenters. The maximum Gasteiger partial charge on any atom is 0.360 e. The summed E-state index contributed by atoms with van der Waals surface area (Å²) in [7, 11) is 3.52. The highest BCUT2D eigenvalue weighted by Gasteiger charge is 2.21. The van der Waals surface area contributed by atoms with Crippen LogP contribution in [0.15, 0.2) is 4.52 Å². The van der Waals surface area contributed by atoms with Gasteiger partial charge in [-0.15, -0.1) is 0 Å². The Balaban J connectivity index is 3.22. The molecule has 5 nitrogen and oxygen atoms in total. The lowest BCUT2D eigenvalue weighted by Gasteiger charge is -2.10. The first-order valence-electron chi connectivity index (χ1n) is 3.97. The van der Waals surface area contributed by atoms with Gasteiger partial charge < -0.3 is 14.5 Å². The van der Waals surface area contributed by atoms with Crippen molar-refractivity contribution in [2.45, 2.75) is 13.3 Å². The summed E-state index contributed by atoms with van der Waals surface area (Å²) in [5.41, 5.74) is 0.525. The molecule has 0 radical (unpaired) electrons. The molecule has 1 rings (SSSR count). The van der Waals surface area contributed by atoms with Gasteiger partial charge in [0.25, 0.3) is 0 Å². The van der Waals surface area contributed by atoms with Gasteiger partial charge in [0.05, 0.1) is 0 Å². The lowest BCUT2D eigenvalue weighted by Crippen LogP contribution is -2.14. The molecule has 0 bridgehead atoms. The van der Waals surface area contributed by atoms with Crippen LogP contribution in [0.25, 0.3) is 0 Å². The van der Waals surface area contributed by atoms with E-state index in [2.05, 4.69) is 5.16 Å². The Hall–Kier alpha value is -1.52. The monoisotopic (exact) mass is 184 g/mol. The Kier molecular flexibility index (Phi) is 2.55. The van der Waals surface area contributed by atoms with Crippen molar-refractivity contribution in [3.63, 3.8) is 0 Å². The summed E-state index contributed by atoms with van der Waals surface area (Å²) in [4.78, 5) is 12.4. The molecule has 0 aliphatic rings. The molecule has 5 heteroatoms. The molecule has 0 aromatic carbocycles. The zero-order chi connectivity index (χ0) is 10.0. The molecule has 0 amide bonds. The molecular formula is C8H12N2O3. The molecule has 13 heavy (non-hydrogen) atoms. The number of anilines is 1. The quantitative estimate of drug-likeness (QED) is 0.759. The average molecular weight is 184 g/mol. The SMILES string of the molecule is CCc1onc(C(=O)O)c1N(C)C. The van der Waals surface area contributed by atoms with Crippen molar-refractivity contribution in [2.75, 3.05) is 19.0 Å². The molecule has 0 aliphatic carbocycles. The van der Waals surface area contributed by atoms with Crippen LogP contribution in [0.2, 0.25) is 0 Å². The lowest BCUT2D eigenvalue weighted by atomic mass is 10.2. The number of carboxylic acid groups (broad SMARTS) is 1. The zero-order valence-electron chi connectivity index (χ0n) is 7.87. The van der Waals surface area contributed by atoms with Crippen molar-refractivity contribution in [1.82, 2.24) is 5.16 Å². The predicted octanol–water partition coefficient (Wildman–Crippen LogP) is 1.00. The van der Waals surface area contributed by atoms with Crippen molar-refractivity contribution in [3.8, 4) is 0 Å². The Morgan fingerprint density at radius 3 is 2.62 bits per heavy atom.